The Bertz CT molecular complexity index is 487. The van der Waals surface area contributed by atoms with Crippen LogP contribution >= 0.6 is 0 Å². The summed E-state index contributed by atoms with van der Waals surface area (Å²) in [4.78, 5) is 16.1. The Balaban J connectivity index is 1.62. The summed E-state index contributed by atoms with van der Waals surface area (Å²) in [6.45, 7) is 5.50. The van der Waals surface area contributed by atoms with E-state index in [0.717, 1.165) is 37.4 Å². The lowest BCUT2D eigenvalue weighted by Gasteiger charge is -2.32. The van der Waals surface area contributed by atoms with Crippen LogP contribution in [-0.2, 0) is 16.1 Å². The van der Waals surface area contributed by atoms with Gasteiger partial charge in [0.25, 0.3) is 0 Å². The van der Waals surface area contributed by atoms with Gasteiger partial charge in [0.2, 0.25) is 5.91 Å². The van der Waals surface area contributed by atoms with Crippen LogP contribution in [0, 0.1) is 5.92 Å². The molecule has 0 spiro atoms. The van der Waals surface area contributed by atoms with Crippen LogP contribution in [0.25, 0.3) is 0 Å². The Labute approximate surface area is 145 Å². The lowest BCUT2D eigenvalue weighted by atomic mass is 9.99. The third-order valence-electron chi connectivity index (χ3n) is 4.49. The molecule has 1 atom stereocenters. The highest BCUT2D eigenvalue weighted by molar-refractivity contribution is 5.78. The predicted molar refractivity (Wildman–Crippen MR) is 94.6 cm³/mol. The number of ether oxygens (including phenoxy) is 1. The summed E-state index contributed by atoms with van der Waals surface area (Å²) in [5.41, 5.74) is 1.09. The van der Waals surface area contributed by atoms with Crippen molar-refractivity contribution in [3.63, 3.8) is 0 Å². The molecular weight excluding hydrogens is 304 g/mol. The molecule has 1 aromatic rings. The highest BCUT2D eigenvalue weighted by Gasteiger charge is 2.21. The van der Waals surface area contributed by atoms with Gasteiger partial charge in [-0.15, -0.1) is 0 Å². The molecule has 24 heavy (non-hydrogen) atoms. The zero-order valence-electron chi connectivity index (χ0n) is 14.9. The first-order chi connectivity index (χ1) is 11.5. The van der Waals surface area contributed by atoms with Gasteiger partial charge < -0.3 is 14.7 Å². The Kier molecular flexibility index (Phi) is 7.69. The van der Waals surface area contributed by atoms with Gasteiger partial charge in [0.15, 0.2) is 0 Å². The molecule has 1 aliphatic rings. The fraction of sp³-hybridized carbons (Fsp3) is 0.632. The standard InChI is InChI=1S/C19H30N2O3/c1-16-8-10-21(11-9-16)19(23)13-20(2)12-18(22)15-24-14-17-6-4-3-5-7-17/h3-7,16,18,22H,8-15H2,1-2H3/t18-/m0/s1. The van der Waals surface area contributed by atoms with Crippen LogP contribution in [0.1, 0.15) is 25.3 Å². The fourth-order valence-corrected chi connectivity index (χ4v) is 2.95. The molecule has 0 radical (unpaired) electrons. The molecule has 0 unspecified atom stereocenters. The number of carbonyl (C=O) groups excluding carboxylic acids is 1. The van der Waals surface area contributed by atoms with Crippen LogP contribution in [0.5, 0.6) is 0 Å². The van der Waals surface area contributed by atoms with Crippen molar-refractivity contribution in [3.8, 4) is 0 Å². The summed E-state index contributed by atoms with van der Waals surface area (Å²) in [5.74, 6) is 0.872. The zero-order chi connectivity index (χ0) is 17.4. The highest BCUT2D eigenvalue weighted by Crippen LogP contribution is 2.16. The number of rotatable bonds is 8. The number of likely N-dealkylation sites (N-methyl/N-ethyl adjacent to an activating group) is 1. The molecule has 0 saturated carbocycles. The van der Waals surface area contributed by atoms with Crippen molar-refractivity contribution in [3.05, 3.63) is 35.9 Å². The minimum Gasteiger partial charge on any atom is -0.389 e. The topological polar surface area (TPSA) is 53.0 Å². The number of nitrogens with zero attached hydrogens (tertiary/aromatic N) is 2. The molecule has 1 aromatic carbocycles. The monoisotopic (exact) mass is 334 g/mol. The molecule has 1 fully saturated rings. The molecule has 1 N–H and O–H groups in total. The van der Waals surface area contributed by atoms with Crippen LogP contribution in [0.4, 0.5) is 0 Å². The lowest BCUT2D eigenvalue weighted by Crippen LogP contribution is -2.44. The molecule has 2 rings (SSSR count). The number of hydrogen-bond donors (Lipinski definition) is 1. The summed E-state index contributed by atoms with van der Waals surface area (Å²) in [7, 11) is 1.87. The Hall–Kier alpha value is -1.43. The van der Waals surface area contributed by atoms with Crippen LogP contribution in [0.3, 0.4) is 0 Å². The number of piperidine rings is 1. The number of carbonyl (C=O) groups is 1. The van der Waals surface area contributed by atoms with Crippen LogP contribution in [0.2, 0.25) is 0 Å². The van der Waals surface area contributed by atoms with Crippen molar-refractivity contribution < 1.29 is 14.6 Å². The van der Waals surface area contributed by atoms with E-state index >= 15 is 0 Å². The third-order valence-corrected chi connectivity index (χ3v) is 4.49. The number of benzene rings is 1. The van der Waals surface area contributed by atoms with Gasteiger partial charge in [-0.25, -0.2) is 0 Å². The van der Waals surface area contributed by atoms with E-state index in [9.17, 15) is 9.90 Å². The first-order valence-electron chi connectivity index (χ1n) is 8.80. The molecule has 1 amide bonds. The number of amides is 1. The number of likely N-dealkylation sites (tertiary alicyclic amines) is 1. The summed E-state index contributed by atoms with van der Waals surface area (Å²) in [6.07, 6.45) is 1.59. The maximum Gasteiger partial charge on any atom is 0.236 e. The van der Waals surface area contributed by atoms with Crippen molar-refractivity contribution in [1.82, 2.24) is 9.80 Å². The van der Waals surface area contributed by atoms with Gasteiger partial charge in [0, 0.05) is 19.6 Å². The number of aliphatic hydroxyl groups excluding tert-OH is 1. The minimum atomic E-state index is -0.590. The van der Waals surface area contributed by atoms with Crippen molar-refractivity contribution in [2.45, 2.75) is 32.5 Å². The van der Waals surface area contributed by atoms with Crippen molar-refractivity contribution in [2.75, 3.05) is 39.8 Å². The SMILES string of the molecule is CC1CCN(C(=O)CN(C)C[C@H](O)COCc2ccccc2)CC1. The molecule has 5 nitrogen and oxygen atoms in total. The normalized spacial score (nSPS) is 17.2. The van der Waals surface area contributed by atoms with Crippen molar-refractivity contribution in [1.29, 1.82) is 0 Å². The average molecular weight is 334 g/mol. The first-order valence-corrected chi connectivity index (χ1v) is 8.80. The molecule has 134 valence electrons. The van der Waals surface area contributed by atoms with E-state index in [-0.39, 0.29) is 12.5 Å². The van der Waals surface area contributed by atoms with E-state index in [1.807, 2.05) is 47.2 Å². The van der Waals surface area contributed by atoms with Crippen LogP contribution < -0.4 is 0 Å². The van der Waals surface area contributed by atoms with E-state index in [4.69, 9.17) is 4.74 Å². The van der Waals surface area contributed by atoms with Crippen molar-refractivity contribution >= 4 is 5.91 Å². The van der Waals surface area contributed by atoms with Crippen LogP contribution in [0.15, 0.2) is 30.3 Å². The predicted octanol–water partition coefficient (Wildman–Crippen LogP) is 1.75. The van der Waals surface area contributed by atoms with Gasteiger partial charge in [-0.1, -0.05) is 37.3 Å². The van der Waals surface area contributed by atoms with Gasteiger partial charge in [-0.2, -0.15) is 0 Å². The maximum absolute atomic E-state index is 12.3. The van der Waals surface area contributed by atoms with Gasteiger partial charge in [0.05, 0.1) is 25.9 Å². The molecule has 1 aliphatic heterocycles. The smallest absolute Gasteiger partial charge is 0.236 e. The molecule has 1 saturated heterocycles. The maximum atomic E-state index is 12.3. The zero-order valence-corrected chi connectivity index (χ0v) is 14.9. The first kappa shape index (κ1) is 18.9. The second kappa shape index (κ2) is 9.77. The molecule has 0 aliphatic carbocycles. The second-order valence-corrected chi connectivity index (χ2v) is 6.91. The molecular formula is C19H30N2O3. The van der Waals surface area contributed by atoms with Gasteiger partial charge in [-0.3, -0.25) is 9.69 Å². The van der Waals surface area contributed by atoms with E-state index in [0.29, 0.717) is 19.7 Å². The fourth-order valence-electron chi connectivity index (χ4n) is 2.95. The Morgan fingerprint density at radius 3 is 2.67 bits per heavy atom. The van der Waals surface area contributed by atoms with Crippen LogP contribution in [-0.4, -0.2) is 66.8 Å². The number of hydrogen-bond acceptors (Lipinski definition) is 4. The van der Waals surface area contributed by atoms with Gasteiger partial charge in [-0.05, 0) is 31.4 Å². The second-order valence-electron chi connectivity index (χ2n) is 6.91. The highest BCUT2D eigenvalue weighted by atomic mass is 16.5. The van der Waals surface area contributed by atoms with E-state index in [2.05, 4.69) is 6.92 Å². The Morgan fingerprint density at radius 1 is 1.33 bits per heavy atom. The lowest BCUT2D eigenvalue weighted by molar-refractivity contribution is -0.133. The number of aliphatic hydroxyl groups is 1. The minimum absolute atomic E-state index is 0.154. The third kappa shape index (κ3) is 6.59. The molecule has 5 heteroatoms. The Morgan fingerprint density at radius 2 is 2.00 bits per heavy atom. The average Bonchev–Trinajstić information content (AvgIpc) is 2.56. The quantitative estimate of drug-likeness (QED) is 0.787. The molecule has 1 heterocycles. The van der Waals surface area contributed by atoms with E-state index in [1.165, 1.54) is 0 Å². The summed E-state index contributed by atoms with van der Waals surface area (Å²) in [6, 6.07) is 9.90. The van der Waals surface area contributed by atoms with Crippen molar-refractivity contribution in [2.24, 2.45) is 5.92 Å². The van der Waals surface area contributed by atoms with E-state index < -0.39 is 6.10 Å². The van der Waals surface area contributed by atoms with Gasteiger partial charge in [0.1, 0.15) is 0 Å². The largest absolute Gasteiger partial charge is 0.389 e. The molecule has 0 bridgehead atoms. The summed E-state index contributed by atoms with van der Waals surface area (Å²) < 4.78 is 5.54. The van der Waals surface area contributed by atoms with Gasteiger partial charge >= 0.3 is 0 Å². The van der Waals surface area contributed by atoms with E-state index in [1.54, 1.807) is 0 Å². The summed E-state index contributed by atoms with van der Waals surface area (Å²) >= 11 is 0. The summed E-state index contributed by atoms with van der Waals surface area (Å²) in [5, 5.41) is 10.1. The molecule has 0 aromatic heterocycles.